The molecule has 1 N–H and O–H groups in total. The number of nitrogens with zero attached hydrogens (tertiary/aromatic N) is 2. The van der Waals surface area contributed by atoms with Crippen LogP contribution in [0.1, 0.15) is 92.4 Å². The lowest BCUT2D eigenvalue weighted by molar-refractivity contribution is -0.159. The first kappa shape index (κ1) is 38.7. The van der Waals surface area contributed by atoms with E-state index in [-0.39, 0.29) is 55.3 Å². The van der Waals surface area contributed by atoms with Crippen molar-refractivity contribution in [2.75, 3.05) is 13.7 Å². The van der Waals surface area contributed by atoms with E-state index in [2.05, 4.69) is 16.6 Å². The third-order valence-corrected chi connectivity index (χ3v) is 13.0. The van der Waals surface area contributed by atoms with Crippen LogP contribution in [0.2, 0.25) is 0 Å². The molecule has 2 aliphatic carbocycles. The van der Waals surface area contributed by atoms with Crippen LogP contribution >= 0.6 is 0 Å². The second-order valence-corrected chi connectivity index (χ2v) is 18.6. The molecule has 1 saturated heterocycles. The molecule has 2 aliphatic heterocycles. The summed E-state index contributed by atoms with van der Waals surface area (Å²) in [6.45, 7) is 9.44. The largest absolute Gasteiger partial charge is 0.494 e. The van der Waals surface area contributed by atoms with Gasteiger partial charge >= 0.3 is 5.97 Å². The smallest absolute Gasteiger partial charge is 0.307 e. The Kier molecular flexibility index (Phi) is 11.0. The fourth-order valence-electron chi connectivity index (χ4n) is 7.93. The van der Waals surface area contributed by atoms with Gasteiger partial charge in [0.2, 0.25) is 27.7 Å². The Hall–Kier alpha value is -4.00. The van der Waals surface area contributed by atoms with Gasteiger partial charge in [-0.25, -0.2) is 13.4 Å². The van der Waals surface area contributed by atoms with Gasteiger partial charge in [0, 0.05) is 23.6 Å². The molecule has 2 aromatic rings. The Morgan fingerprint density at radius 3 is 2.43 bits per heavy atom. The Morgan fingerprint density at radius 1 is 1.04 bits per heavy atom. The maximum Gasteiger partial charge on any atom is 0.307 e. The van der Waals surface area contributed by atoms with Crippen molar-refractivity contribution in [1.82, 2.24) is 14.6 Å². The minimum absolute atomic E-state index is 0.0600. The molecule has 288 valence electrons. The third kappa shape index (κ3) is 8.71. The average molecular weight is 752 g/mol. The highest BCUT2D eigenvalue weighted by Crippen LogP contribution is 2.57. The van der Waals surface area contributed by atoms with Crippen LogP contribution in [-0.2, 0) is 33.9 Å². The van der Waals surface area contributed by atoms with Crippen molar-refractivity contribution in [1.29, 1.82) is 0 Å². The van der Waals surface area contributed by atoms with Gasteiger partial charge in [0.05, 0.1) is 48.9 Å². The topological polar surface area (TPSA) is 158 Å². The summed E-state index contributed by atoms with van der Waals surface area (Å²) < 4.78 is 45.8. The van der Waals surface area contributed by atoms with Gasteiger partial charge in [0.1, 0.15) is 17.5 Å². The molecule has 12 nitrogen and oxygen atoms in total. The van der Waals surface area contributed by atoms with Crippen molar-refractivity contribution in [3.8, 4) is 11.6 Å². The van der Waals surface area contributed by atoms with Crippen LogP contribution in [0.15, 0.2) is 42.6 Å². The van der Waals surface area contributed by atoms with Crippen LogP contribution in [-0.4, -0.2) is 78.5 Å². The fraction of sp³-hybridized carbons (Fsp3) is 0.625. The molecular weight excluding hydrogens is 699 g/mol. The molecule has 4 aliphatic rings. The number of Topliss-reactive ketones (excluding diaryl/α,β-unsaturated/α-hetero) is 1. The quantitative estimate of drug-likeness (QED) is 0.269. The van der Waals surface area contributed by atoms with Gasteiger partial charge in [-0.1, -0.05) is 50.6 Å². The fourth-order valence-corrected chi connectivity index (χ4v) is 9.31. The van der Waals surface area contributed by atoms with Crippen molar-refractivity contribution in [3.05, 3.63) is 42.6 Å². The zero-order valence-electron chi connectivity index (χ0n) is 31.6. The molecule has 0 radical (unpaired) electrons. The highest BCUT2D eigenvalue weighted by Gasteiger charge is 2.61. The number of ketones is 1. The van der Waals surface area contributed by atoms with Crippen molar-refractivity contribution >= 4 is 44.4 Å². The highest BCUT2D eigenvalue weighted by atomic mass is 32.2. The second-order valence-electron chi connectivity index (χ2n) is 16.6. The van der Waals surface area contributed by atoms with E-state index in [0.29, 0.717) is 42.7 Å². The maximum atomic E-state index is 14.8. The van der Waals surface area contributed by atoms with Crippen molar-refractivity contribution in [2.45, 2.75) is 115 Å². The molecular formula is C40H53N3O9S. The Morgan fingerprint density at radius 2 is 1.75 bits per heavy atom. The zero-order chi connectivity index (χ0) is 38.3. The van der Waals surface area contributed by atoms with Gasteiger partial charge in [-0.05, 0) is 76.7 Å². The number of aromatic nitrogens is 1. The molecule has 1 unspecified atom stereocenters. The van der Waals surface area contributed by atoms with E-state index >= 15 is 0 Å². The van der Waals surface area contributed by atoms with E-state index in [4.69, 9.17) is 14.2 Å². The number of pyridine rings is 1. The number of benzene rings is 1. The summed E-state index contributed by atoms with van der Waals surface area (Å²) in [5.41, 5.74) is -1.99. The lowest BCUT2D eigenvalue weighted by Crippen LogP contribution is -2.47. The van der Waals surface area contributed by atoms with Crippen LogP contribution in [0.4, 0.5) is 0 Å². The molecule has 0 bridgehead atoms. The van der Waals surface area contributed by atoms with Crippen LogP contribution in [0, 0.1) is 29.1 Å². The number of hydrogen-bond donors (Lipinski definition) is 1. The van der Waals surface area contributed by atoms with Gasteiger partial charge in [-0.3, -0.25) is 23.9 Å². The summed E-state index contributed by atoms with van der Waals surface area (Å²) in [4.78, 5) is 62.5. The van der Waals surface area contributed by atoms with E-state index in [9.17, 15) is 27.6 Å². The number of carbonyl (C=O) groups excluding carboxylic acids is 4. The van der Waals surface area contributed by atoms with Gasteiger partial charge in [-0.15, -0.1) is 0 Å². The normalized spacial score (nSPS) is 30.3. The van der Waals surface area contributed by atoms with Crippen LogP contribution in [0.5, 0.6) is 11.6 Å². The number of hydrogen-bond acceptors (Lipinski definition) is 10. The van der Waals surface area contributed by atoms with E-state index in [0.717, 1.165) is 18.2 Å². The van der Waals surface area contributed by atoms with E-state index in [1.807, 2.05) is 43.3 Å². The number of amides is 2. The van der Waals surface area contributed by atoms with Gasteiger partial charge in [0.15, 0.2) is 5.78 Å². The van der Waals surface area contributed by atoms with Crippen LogP contribution < -0.4 is 14.2 Å². The first-order valence-corrected chi connectivity index (χ1v) is 20.4. The number of esters is 1. The molecule has 0 spiro atoms. The van der Waals surface area contributed by atoms with E-state index < -0.39 is 56.2 Å². The van der Waals surface area contributed by atoms with E-state index in [1.54, 1.807) is 34.1 Å². The number of fused-ring (bicyclic) bond motifs is 3. The second kappa shape index (κ2) is 15.0. The molecule has 2 amide bonds. The first-order chi connectivity index (χ1) is 25.0. The van der Waals surface area contributed by atoms with Gasteiger partial charge in [-0.2, -0.15) is 0 Å². The minimum atomic E-state index is -3.85. The third-order valence-electron chi connectivity index (χ3n) is 11.2. The standard InChI is InChI=1S/C40H53N3O9S/c1-24-10-9-11-25(2)31(19-35(45)52-39(3,4)5)37(46)43-23-27(51-36-30-13-8-7-12-29(30)34(50-6)22-41-36)18-32(43)33(44)21-40(20-26(40)15-14-24)38(47)42-53(48,49)28-16-17-28/h7-8,12-15,22,24-28,31-32H,9-11,16-21,23H2,1-6H3,(H,42,47)/b15-14-/t24-,25+,26+,27+,31-,32?,40+/m0/s1. The summed E-state index contributed by atoms with van der Waals surface area (Å²) in [5.74, 6) is -2.07. The lowest BCUT2D eigenvalue weighted by atomic mass is 9.84. The first-order valence-electron chi connectivity index (χ1n) is 18.9. The van der Waals surface area contributed by atoms with Crippen molar-refractivity contribution in [2.24, 2.45) is 29.1 Å². The molecule has 1 aromatic carbocycles. The highest BCUT2D eigenvalue weighted by molar-refractivity contribution is 7.90. The number of sulfonamides is 1. The molecule has 53 heavy (non-hydrogen) atoms. The molecule has 3 heterocycles. The van der Waals surface area contributed by atoms with Gasteiger partial charge < -0.3 is 19.1 Å². The summed E-state index contributed by atoms with van der Waals surface area (Å²) >= 11 is 0. The van der Waals surface area contributed by atoms with Crippen molar-refractivity contribution < 1.29 is 41.8 Å². The monoisotopic (exact) mass is 751 g/mol. The molecule has 1 aromatic heterocycles. The van der Waals surface area contributed by atoms with E-state index in [1.165, 1.54) is 4.90 Å². The summed E-state index contributed by atoms with van der Waals surface area (Å²) in [7, 11) is -2.29. The molecule has 2 saturated carbocycles. The number of nitrogens with one attached hydrogen (secondary N) is 1. The van der Waals surface area contributed by atoms with Crippen LogP contribution in [0.3, 0.4) is 0 Å². The molecule has 3 fully saturated rings. The van der Waals surface area contributed by atoms with Gasteiger partial charge in [0.25, 0.3) is 0 Å². The molecule has 6 rings (SSSR count). The number of allylic oxidation sites excluding steroid dienone is 2. The molecule has 13 heteroatoms. The Bertz CT molecular complexity index is 1880. The average Bonchev–Trinajstić information content (AvgIpc) is 4.02. The minimum Gasteiger partial charge on any atom is -0.494 e. The maximum absolute atomic E-state index is 14.8. The zero-order valence-corrected chi connectivity index (χ0v) is 32.4. The lowest BCUT2D eigenvalue weighted by Gasteiger charge is -2.32. The van der Waals surface area contributed by atoms with Crippen LogP contribution in [0.25, 0.3) is 10.8 Å². The predicted octanol–water partition coefficient (Wildman–Crippen LogP) is 5.53. The SMILES string of the molecule is COc1cnc(O[C@@H]2CC3C(=O)C[C@]4(C(=O)NS(=O)(=O)C5CC5)C[C@H]4/C=C\[C@@H](C)CCC[C@@H](C)[C@H](CC(=O)OC(C)(C)C)C(=O)N3C2)c2ccccc12. The summed E-state index contributed by atoms with van der Waals surface area (Å²) in [5, 5.41) is 0.906. The number of carbonyl (C=O) groups is 4. The Labute approximate surface area is 312 Å². The number of rotatable bonds is 8. The predicted molar refractivity (Wildman–Crippen MR) is 198 cm³/mol. The summed E-state index contributed by atoms with van der Waals surface area (Å²) in [6, 6.07) is 6.53. The number of ether oxygens (including phenoxy) is 3. The van der Waals surface area contributed by atoms with Crippen molar-refractivity contribution in [3.63, 3.8) is 0 Å². The Balaban J connectivity index is 1.35. The summed E-state index contributed by atoms with van der Waals surface area (Å²) in [6.07, 6.45) is 8.31. The number of methoxy groups -OCH3 is 1. The molecule has 7 atom stereocenters.